The maximum absolute atomic E-state index is 12.6. The van der Waals surface area contributed by atoms with Crippen LogP contribution in [0.2, 0.25) is 0 Å². The molecule has 0 radical (unpaired) electrons. The van der Waals surface area contributed by atoms with E-state index < -0.39 is 11.7 Å². The highest BCUT2D eigenvalue weighted by atomic mass is 16.6. The van der Waals surface area contributed by atoms with Gasteiger partial charge in [-0.1, -0.05) is 65.5 Å². The summed E-state index contributed by atoms with van der Waals surface area (Å²) in [4.78, 5) is 24.4. The molecule has 0 aromatic rings. The van der Waals surface area contributed by atoms with Crippen molar-refractivity contribution in [1.82, 2.24) is 10.6 Å². The summed E-state index contributed by atoms with van der Waals surface area (Å²) in [5.74, 6) is 4.96. The van der Waals surface area contributed by atoms with Gasteiger partial charge in [-0.3, -0.25) is 0 Å². The molecular weight excluding hydrogens is 620 g/mol. The molecule has 3 saturated carbocycles. The Kier molecular flexibility index (Phi) is 14.7. The average molecular weight is 691 g/mol. The second-order valence-electron chi connectivity index (χ2n) is 17.3. The number of nitrogens with one attached hydrogen (secondary N) is 2. The molecule has 4 rings (SSSR count). The number of hydrogen-bond acceptors (Lipinski definition) is 7. The molecule has 9 heteroatoms. The van der Waals surface area contributed by atoms with Crippen LogP contribution in [-0.4, -0.2) is 75.1 Å². The normalized spacial score (nSPS) is 31.6. The average Bonchev–Trinajstić information content (AvgIpc) is 3.39. The molecule has 7 unspecified atom stereocenters. The zero-order valence-corrected chi connectivity index (χ0v) is 32.0. The summed E-state index contributed by atoms with van der Waals surface area (Å²) in [6.45, 7) is 18.1. The van der Waals surface area contributed by atoms with E-state index in [4.69, 9.17) is 24.1 Å². The van der Waals surface area contributed by atoms with Crippen LogP contribution in [-0.2, 0) is 18.9 Å². The van der Waals surface area contributed by atoms with E-state index in [1.54, 1.807) is 19.4 Å². The second kappa shape index (κ2) is 18.1. The number of carbonyl (C=O) groups is 2. The topological polar surface area (TPSA) is 115 Å². The molecule has 282 valence electrons. The van der Waals surface area contributed by atoms with Gasteiger partial charge in [-0.25, -0.2) is 9.59 Å². The van der Waals surface area contributed by atoms with Gasteiger partial charge in [0.1, 0.15) is 11.7 Å². The standard InChI is InChI=1S/C40H70N2O7/c1-28(2)9-8-10-29(3)33-13-14-34-32-12-11-30-27-31(15-17-39(30,6)35(32)16-18-40(33,34)7)48-36(44)41-20-23-46-25-26-47-24-21-42-37(45)49-38(4,5)19-22-43/h11,28-29,31-35,43H,8-10,12-27H2,1-7H3,(H,41,44)(H,42,45)/t29?,31?,32?,33?,34?,35?,39-,40?/m0/s1. The number of ether oxygens (including phenoxy) is 4. The summed E-state index contributed by atoms with van der Waals surface area (Å²) in [7, 11) is 0. The van der Waals surface area contributed by atoms with Gasteiger partial charge >= 0.3 is 12.2 Å². The van der Waals surface area contributed by atoms with E-state index in [0.29, 0.717) is 51.4 Å². The van der Waals surface area contributed by atoms with Crippen molar-refractivity contribution in [2.45, 2.75) is 137 Å². The van der Waals surface area contributed by atoms with Gasteiger partial charge in [-0.05, 0) is 105 Å². The van der Waals surface area contributed by atoms with Gasteiger partial charge in [0.25, 0.3) is 0 Å². The third-order valence-electron chi connectivity index (χ3n) is 13.0. The largest absolute Gasteiger partial charge is 0.446 e. The quantitative estimate of drug-likeness (QED) is 0.0985. The fraction of sp³-hybridized carbons (Fsp3) is 0.900. The molecule has 0 heterocycles. The Morgan fingerprint density at radius 1 is 0.918 bits per heavy atom. The number of fused-ring (bicyclic) bond motifs is 5. The number of alkyl carbamates (subject to hydrolysis) is 2. The molecule has 9 nitrogen and oxygen atoms in total. The van der Waals surface area contributed by atoms with Crippen molar-refractivity contribution < 1.29 is 33.6 Å². The third kappa shape index (κ3) is 10.6. The molecule has 4 aliphatic carbocycles. The number of carbonyl (C=O) groups excluding carboxylic acids is 2. The van der Waals surface area contributed by atoms with Crippen molar-refractivity contribution in [2.75, 3.05) is 46.1 Å². The number of amides is 2. The van der Waals surface area contributed by atoms with E-state index in [9.17, 15) is 9.59 Å². The monoisotopic (exact) mass is 691 g/mol. The molecule has 49 heavy (non-hydrogen) atoms. The highest BCUT2D eigenvalue weighted by molar-refractivity contribution is 5.67. The molecule has 3 N–H and O–H groups in total. The van der Waals surface area contributed by atoms with Crippen LogP contribution in [0, 0.1) is 46.3 Å². The Morgan fingerprint density at radius 3 is 2.29 bits per heavy atom. The number of hydrogen-bond donors (Lipinski definition) is 3. The first-order valence-corrected chi connectivity index (χ1v) is 19.7. The Morgan fingerprint density at radius 2 is 1.61 bits per heavy atom. The molecule has 4 aliphatic rings. The van der Waals surface area contributed by atoms with Crippen LogP contribution in [0.1, 0.15) is 126 Å². The highest BCUT2D eigenvalue weighted by Crippen LogP contribution is 2.67. The SMILES string of the molecule is CC(C)CCCC(C)C1CCC2C3CC=C4CC(OC(=O)NCCOCCOCCNC(=O)OC(C)(C)CCO)CC[C@]4(C)C3CCC12C. The first-order valence-electron chi connectivity index (χ1n) is 19.7. The molecule has 3 fully saturated rings. The van der Waals surface area contributed by atoms with Crippen molar-refractivity contribution in [1.29, 1.82) is 0 Å². The fourth-order valence-corrected chi connectivity index (χ4v) is 10.3. The molecule has 8 atom stereocenters. The lowest BCUT2D eigenvalue weighted by atomic mass is 9.47. The number of aliphatic hydroxyl groups is 1. The maximum atomic E-state index is 12.6. The molecule has 0 aromatic heterocycles. The van der Waals surface area contributed by atoms with Gasteiger partial charge in [0.2, 0.25) is 0 Å². The van der Waals surface area contributed by atoms with Crippen LogP contribution in [0.4, 0.5) is 9.59 Å². The molecule has 0 spiro atoms. The lowest BCUT2D eigenvalue weighted by Crippen LogP contribution is -2.51. The van der Waals surface area contributed by atoms with E-state index >= 15 is 0 Å². The lowest BCUT2D eigenvalue weighted by Gasteiger charge is -2.58. The van der Waals surface area contributed by atoms with Crippen LogP contribution in [0.25, 0.3) is 0 Å². The van der Waals surface area contributed by atoms with Gasteiger partial charge in [0.05, 0.1) is 26.4 Å². The second-order valence-corrected chi connectivity index (χ2v) is 17.3. The van der Waals surface area contributed by atoms with Crippen molar-refractivity contribution in [3.8, 4) is 0 Å². The van der Waals surface area contributed by atoms with Gasteiger partial charge in [0, 0.05) is 32.5 Å². The minimum absolute atomic E-state index is 0.0434. The molecular formula is C40H70N2O7. The van der Waals surface area contributed by atoms with Gasteiger partial charge < -0.3 is 34.7 Å². The van der Waals surface area contributed by atoms with E-state index in [1.807, 2.05) is 0 Å². The Hall–Kier alpha value is -1.84. The smallest absolute Gasteiger partial charge is 0.407 e. The van der Waals surface area contributed by atoms with E-state index in [0.717, 1.165) is 54.8 Å². The molecule has 0 bridgehead atoms. The summed E-state index contributed by atoms with van der Waals surface area (Å²) in [6.07, 6.45) is 15.8. The van der Waals surface area contributed by atoms with E-state index in [-0.39, 0.29) is 24.2 Å². The summed E-state index contributed by atoms with van der Waals surface area (Å²) >= 11 is 0. The first-order chi connectivity index (χ1) is 23.3. The first kappa shape index (κ1) is 39.9. The van der Waals surface area contributed by atoms with Crippen LogP contribution >= 0.6 is 0 Å². The van der Waals surface area contributed by atoms with Crippen LogP contribution < -0.4 is 10.6 Å². The predicted molar refractivity (Wildman–Crippen MR) is 193 cm³/mol. The van der Waals surface area contributed by atoms with E-state index in [2.05, 4.69) is 51.3 Å². The summed E-state index contributed by atoms with van der Waals surface area (Å²) in [5, 5.41) is 14.5. The van der Waals surface area contributed by atoms with Crippen LogP contribution in [0.15, 0.2) is 11.6 Å². The fourth-order valence-electron chi connectivity index (χ4n) is 10.3. The molecule has 2 amide bonds. The zero-order valence-electron chi connectivity index (χ0n) is 32.0. The minimum Gasteiger partial charge on any atom is -0.446 e. The molecule has 0 aromatic carbocycles. The number of aliphatic hydroxyl groups excluding tert-OH is 1. The maximum Gasteiger partial charge on any atom is 0.407 e. The van der Waals surface area contributed by atoms with Crippen molar-refractivity contribution in [3.05, 3.63) is 11.6 Å². The Labute approximate surface area is 297 Å². The lowest BCUT2D eigenvalue weighted by molar-refractivity contribution is -0.0581. The molecule has 0 saturated heterocycles. The minimum atomic E-state index is -0.716. The van der Waals surface area contributed by atoms with Crippen LogP contribution in [0.5, 0.6) is 0 Å². The Balaban J connectivity index is 1.11. The van der Waals surface area contributed by atoms with Gasteiger partial charge in [-0.15, -0.1) is 0 Å². The van der Waals surface area contributed by atoms with Gasteiger partial charge in [0.15, 0.2) is 0 Å². The van der Waals surface area contributed by atoms with Crippen LogP contribution in [0.3, 0.4) is 0 Å². The third-order valence-corrected chi connectivity index (χ3v) is 13.0. The van der Waals surface area contributed by atoms with E-state index in [1.165, 1.54) is 51.4 Å². The summed E-state index contributed by atoms with van der Waals surface area (Å²) in [6, 6.07) is 0. The number of rotatable bonds is 18. The van der Waals surface area contributed by atoms with Crippen molar-refractivity contribution in [2.24, 2.45) is 46.3 Å². The van der Waals surface area contributed by atoms with Crippen molar-refractivity contribution in [3.63, 3.8) is 0 Å². The summed E-state index contributed by atoms with van der Waals surface area (Å²) in [5.41, 5.74) is 1.57. The zero-order chi connectivity index (χ0) is 35.7. The number of allylic oxidation sites excluding steroid dienone is 1. The molecule has 0 aliphatic heterocycles. The van der Waals surface area contributed by atoms with Crippen molar-refractivity contribution >= 4 is 12.2 Å². The predicted octanol–water partition coefficient (Wildman–Crippen LogP) is 8.04. The Bertz CT molecular complexity index is 1090. The summed E-state index contributed by atoms with van der Waals surface area (Å²) < 4.78 is 22.2. The van der Waals surface area contributed by atoms with Gasteiger partial charge in [-0.2, -0.15) is 0 Å². The highest BCUT2D eigenvalue weighted by Gasteiger charge is 2.59.